The third-order valence-electron chi connectivity index (χ3n) is 5.10. The van der Waals surface area contributed by atoms with Crippen LogP contribution in [0, 0.1) is 24.7 Å². The van der Waals surface area contributed by atoms with E-state index in [1.807, 2.05) is 13.0 Å². The van der Waals surface area contributed by atoms with Gasteiger partial charge in [0.05, 0.1) is 12.7 Å². The van der Waals surface area contributed by atoms with Crippen molar-refractivity contribution >= 4 is 5.91 Å². The molecule has 1 amide bonds. The van der Waals surface area contributed by atoms with Crippen molar-refractivity contribution < 1.29 is 19.7 Å². The minimum Gasteiger partial charge on any atom is -0.395 e. The maximum absolute atomic E-state index is 10.6. The van der Waals surface area contributed by atoms with Crippen LogP contribution in [0.1, 0.15) is 71.6 Å². The summed E-state index contributed by atoms with van der Waals surface area (Å²) in [5.74, 6) is 1.13. The van der Waals surface area contributed by atoms with Crippen LogP contribution in [0.3, 0.4) is 0 Å². The van der Waals surface area contributed by atoms with Crippen LogP contribution in [0.2, 0.25) is 0 Å². The average Bonchev–Trinajstić information content (AvgIpc) is 3.34. The highest BCUT2D eigenvalue weighted by atomic mass is 17.2. The predicted molar refractivity (Wildman–Crippen MR) is 119 cm³/mol. The number of aliphatic hydroxyl groups is 1. The first-order chi connectivity index (χ1) is 14.2. The molecule has 1 unspecified atom stereocenters. The van der Waals surface area contributed by atoms with E-state index < -0.39 is 0 Å². The van der Waals surface area contributed by atoms with Gasteiger partial charge in [-0.25, -0.2) is 9.78 Å². The molecule has 5 nitrogen and oxygen atoms in total. The zero-order chi connectivity index (χ0) is 21.9. The Morgan fingerprint density at radius 1 is 1.17 bits per heavy atom. The second-order valence-electron chi connectivity index (χ2n) is 7.37. The van der Waals surface area contributed by atoms with Crippen LogP contribution in [0.15, 0.2) is 24.8 Å². The summed E-state index contributed by atoms with van der Waals surface area (Å²) in [5, 5.41) is 10.8. The van der Waals surface area contributed by atoms with E-state index in [1.165, 1.54) is 32.1 Å². The molecule has 2 N–H and O–H groups in total. The summed E-state index contributed by atoms with van der Waals surface area (Å²) in [5.41, 5.74) is 0. The van der Waals surface area contributed by atoms with Crippen molar-refractivity contribution in [2.24, 2.45) is 11.8 Å². The topological polar surface area (TPSA) is 67.8 Å². The number of carbonyl (C=O) groups is 1. The first kappa shape index (κ1) is 27.4. The van der Waals surface area contributed by atoms with E-state index in [1.54, 1.807) is 0 Å². The van der Waals surface area contributed by atoms with Crippen molar-refractivity contribution in [3.8, 4) is 12.8 Å². The highest BCUT2D eigenvalue weighted by Gasteiger charge is 2.48. The van der Waals surface area contributed by atoms with Gasteiger partial charge in [-0.05, 0) is 25.7 Å². The Kier molecular flexibility index (Phi) is 17.4. The van der Waals surface area contributed by atoms with E-state index in [-0.39, 0.29) is 18.6 Å². The summed E-state index contributed by atoms with van der Waals surface area (Å²) in [7, 11) is 0. The zero-order valence-electron chi connectivity index (χ0n) is 18.4. The normalized spacial score (nSPS) is 24.3. The van der Waals surface area contributed by atoms with Gasteiger partial charge in [0.1, 0.15) is 6.10 Å². The van der Waals surface area contributed by atoms with Gasteiger partial charge in [0.25, 0.3) is 0 Å². The maximum Gasteiger partial charge on any atom is 0.220 e. The SMILES string of the molecule is C#C.C=CC[C@@H]1C(/C=C/CCCCCC)[C@H]2C[C@@H]1OO2.CCCC(=O)NCCO. The molecule has 1 aliphatic heterocycles. The van der Waals surface area contributed by atoms with Gasteiger partial charge in [-0.15, -0.1) is 19.4 Å². The van der Waals surface area contributed by atoms with Gasteiger partial charge in [0, 0.05) is 31.2 Å². The quantitative estimate of drug-likeness (QED) is 0.215. The Labute approximate surface area is 177 Å². The van der Waals surface area contributed by atoms with Crippen LogP contribution in [0.4, 0.5) is 0 Å². The lowest BCUT2D eigenvalue weighted by atomic mass is 9.89. The average molecular weight is 408 g/mol. The van der Waals surface area contributed by atoms with Gasteiger partial charge in [0.15, 0.2) is 0 Å². The number of hydrogen-bond acceptors (Lipinski definition) is 4. The van der Waals surface area contributed by atoms with E-state index in [0.717, 1.165) is 19.3 Å². The smallest absolute Gasteiger partial charge is 0.220 e. The Hall–Kier alpha value is -1.61. The lowest BCUT2D eigenvalue weighted by Gasteiger charge is -2.27. The molecule has 0 aromatic rings. The molecule has 0 spiro atoms. The molecule has 2 fully saturated rings. The highest BCUT2D eigenvalue weighted by Crippen LogP contribution is 2.44. The molecule has 0 aromatic carbocycles. The minimum absolute atomic E-state index is 0.0200. The molecule has 1 saturated carbocycles. The third kappa shape index (κ3) is 11.2. The monoisotopic (exact) mass is 407 g/mol. The highest BCUT2D eigenvalue weighted by molar-refractivity contribution is 5.75. The molecule has 29 heavy (non-hydrogen) atoms. The molecule has 1 heterocycles. The molecule has 2 rings (SSSR count). The zero-order valence-corrected chi connectivity index (χ0v) is 18.4. The second-order valence-corrected chi connectivity index (χ2v) is 7.37. The molecule has 1 saturated heterocycles. The van der Waals surface area contributed by atoms with Gasteiger partial charge in [-0.1, -0.05) is 51.3 Å². The van der Waals surface area contributed by atoms with Crippen molar-refractivity contribution in [1.82, 2.24) is 5.32 Å². The summed E-state index contributed by atoms with van der Waals surface area (Å²) >= 11 is 0. The maximum atomic E-state index is 10.6. The molecule has 1 aliphatic carbocycles. The number of unbranched alkanes of at least 4 members (excludes halogenated alkanes) is 4. The number of hydrogen-bond donors (Lipinski definition) is 2. The fraction of sp³-hybridized carbons (Fsp3) is 0.708. The summed E-state index contributed by atoms with van der Waals surface area (Å²) in [4.78, 5) is 21.3. The number of allylic oxidation sites excluding steroid dienone is 2. The summed E-state index contributed by atoms with van der Waals surface area (Å²) in [6.45, 7) is 8.44. The fourth-order valence-corrected chi connectivity index (χ4v) is 3.66. The Balaban J connectivity index is 0.000000606. The van der Waals surface area contributed by atoms with E-state index in [2.05, 4.69) is 43.8 Å². The number of aliphatic hydroxyl groups excluding tert-OH is 1. The van der Waals surface area contributed by atoms with Crippen LogP contribution in [0.5, 0.6) is 0 Å². The number of amides is 1. The Bertz CT molecular complexity index is 475. The molecule has 4 atom stereocenters. The largest absolute Gasteiger partial charge is 0.395 e. The molecule has 0 aromatic heterocycles. The lowest BCUT2D eigenvalue weighted by Crippen LogP contribution is -2.28. The molecule has 166 valence electrons. The Morgan fingerprint density at radius 2 is 1.90 bits per heavy atom. The van der Waals surface area contributed by atoms with Gasteiger partial charge in [-0.2, -0.15) is 0 Å². The summed E-state index contributed by atoms with van der Waals surface area (Å²) in [6.07, 6.45) is 25.4. The van der Waals surface area contributed by atoms with Gasteiger partial charge >= 0.3 is 0 Å². The first-order valence-corrected chi connectivity index (χ1v) is 11.0. The van der Waals surface area contributed by atoms with Crippen molar-refractivity contribution in [1.29, 1.82) is 0 Å². The fourth-order valence-electron chi connectivity index (χ4n) is 3.66. The number of terminal acetylenes is 1. The second kappa shape index (κ2) is 18.4. The van der Waals surface area contributed by atoms with Crippen molar-refractivity contribution in [3.05, 3.63) is 24.8 Å². The van der Waals surface area contributed by atoms with Gasteiger partial charge in [0.2, 0.25) is 5.91 Å². The molecule has 2 aliphatic rings. The van der Waals surface area contributed by atoms with Crippen molar-refractivity contribution in [3.63, 3.8) is 0 Å². The molecular weight excluding hydrogens is 366 g/mol. The first-order valence-electron chi connectivity index (χ1n) is 11.0. The van der Waals surface area contributed by atoms with Gasteiger partial charge in [-0.3, -0.25) is 4.79 Å². The molecule has 2 bridgehead atoms. The number of fused-ring (bicyclic) bond motifs is 2. The third-order valence-corrected chi connectivity index (χ3v) is 5.10. The Morgan fingerprint density at radius 3 is 2.52 bits per heavy atom. The standard InChI is InChI=1S/C16H26O2.C6H13NO2.C2H2/c1-3-5-6-7-8-9-11-14-13(10-4-2)15-12-16(14)18-17-15;1-2-3-6(9)7-4-5-8;1-2/h4,9,11,13-16H,2-3,5-8,10,12H2,1H3;8H,2-5H2,1H3,(H,7,9);1-2H/b11-9+;;/t13-,14?,15+,16-;;/m1../s1. The van der Waals surface area contributed by atoms with Gasteiger partial charge < -0.3 is 10.4 Å². The van der Waals surface area contributed by atoms with E-state index in [0.29, 0.717) is 30.9 Å². The molecular formula is C24H41NO4. The predicted octanol–water partition coefficient (Wildman–Crippen LogP) is 4.57. The van der Waals surface area contributed by atoms with Crippen LogP contribution in [0.25, 0.3) is 0 Å². The summed E-state index contributed by atoms with van der Waals surface area (Å²) < 4.78 is 0. The van der Waals surface area contributed by atoms with E-state index in [4.69, 9.17) is 14.9 Å². The van der Waals surface area contributed by atoms with Crippen molar-refractivity contribution in [2.45, 2.75) is 83.8 Å². The van der Waals surface area contributed by atoms with Crippen molar-refractivity contribution in [2.75, 3.05) is 13.2 Å². The molecule has 5 heteroatoms. The lowest BCUT2D eigenvalue weighted by molar-refractivity contribution is -0.336. The summed E-state index contributed by atoms with van der Waals surface area (Å²) in [6, 6.07) is 0. The number of carbonyl (C=O) groups excluding carboxylic acids is 1. The van der Waals surface area contributed by atoms with Crippen LogP contribution < -0.4 is 5.32 Å². The van der Waals surface area contributed by atoms with E-state index in [9.17, 15) is 4.79 Å². The number of rotatable bonds is 12. The number of nitrogens with one attached hydrogen (secondary N) is 1. The van der Waals surface area contributed by atoms with Crippen LogP contribution >= 0.6 is 0 Å². The van der Waals surface area contributed by atoms with Crippen LogP contribution in [-0.4, -0.2) is 36.4 Å². The minimum atomic E-state index is 0.0200. The van der Waals surface area contributed by atoms with E-state index >= 15 is 0 Å². The van der Waals surface area contributed by atoms with Crippen LogP contribution in [-0.2, 0) is 14.6 Å². The molecule has 0 radical (unpaired) electrons.